The average Bonchev–Trinajstić information content (AvgIpc) is 2.27. The molecule has 102 valence electrons. The lowest BCUT2D eigenvalue weighted by molar-refractivity contribution is -0.137. The summed E-state index contributed by atoms with van der Waals surface area (Å²) in [5, 5.41) is 10.2. The van der Waals surface area contributed by atoms with Crippen LogP contribution in [0, 0.1) is 0 Å². The molecular weight excluding hydrogens is 247 g/mol. The van der Waals surface area contributed by atoms with Gasteiger partial charge in [0, 0.05) is 12.6 Å². The van der Waals surface area contributed by atoms with Crippen molar-refractivity contribution in [2.24, 2.45) is 0 Å². The van der Waals surface area contributed by atoms with Crippen molar-refractivity contribution in [3.8, 4) is 5.75 Å². The Morgan fingerprint density at radius 3 is 2.56 bits per heavy atom. The first-order valence-corrected chi connectivity index (χ1v) is 5.55. The van der Waals surface area contributed by atoms with Crippen molar-refractivity contribution in [3.05, 3.63) is 24.0 Å². The van der Waals surface area contributed by atoms with Gasteiger partial charge >= 0.3 is 6.18 Å². The second kappa shape index (κ2) is 5.56. The number of hydrogen-bond acceptors (Lipinski definition) is 3. The summed E-state index contributed by atoms with van der Waals surface area (Å²) < 4.78 is 41.2. The molecule has 3 nitrogen and oxygen atoms in total. The van der Waals surface area contributed by atoms with Crippen molar-refractivity contribution < 1.29 is 23.0 Å². The van der Waals surface area contributed by atoms with E-state index in [4.69, 9.17) is 4.74 Å². The number of pyridine rings is 1. The maximum atomic E-state index is 12.1. The minimum Gasteiger partial charge on any atom is -0.495 e. The van der Waals surface area contributed by atoms with Gasteiger partial charge < -0.3 is 9.84 Å². The third-order valence-corrected chi connectivity index (χ3v) is 2.62. The molecule has 0 aliphatic carbocycles. The Morgan fingerprint density at radius 1 is 1.33 bits per heavy atom. The van der Waals surface area contributed by atoms with Crippen molar-refractivity contribution in [1.82, 2.24) is 4.98 Å². The fraction of sp³-hybridized carbons (Fsp3) is 0.583. The van der Waals surface area contributed by atoms with E-state index in [0.717, 1.165) is 0 Å². The number of aromatic nitrogens is 1. The van der Waals surface area contributed by atoms with Crippen molar-refractivity contribution in [3.63, 3.8) is 0 Å². The minimum absolute atomic E-state index is 0.0279. The number of alkyl halides is 3. The molecule has 1 unspecified atom stereocenters. The van der Waals surface area contributed by atoms with Crippen LogP contribution in [0.5, 0.6) is 5.75 Å². The Bertz CT molecular complexity index is 391. The van der Waals surface area contributed by atoms with Crippen LogP contribution < -0.4 is 4.74 Å². The maximum absolute atomic E-state index is 12.1. The third kappa shape index (κ3) is 4.18. The lowest BCUT2D eigenvalue weighted by Crippen LogP contribution is -2.24. The van der Waals surface area contributed by atoms with Crippen molar-refractivity contribution in [2.75, 3.05) is 7.11 Å². The molecule has 0 saturated carbocycles. The molecule has 1 atom stereocenters. The molecule has 0 amide bonds. The predicted octanol–water partition coefficient (Wildman–Crippen LogP) is 3.03. The Labute approximate surface area is 104 Å². The quantitative estimate of drug-likeness (QED) is 0.887. The monoisotopic (exact) mass is 263 g/mol. The Balaban J connectivity index is 2.73. The second-order valence-corrected chi connectivity index (χ2v) is 4.30. The molecule has 0 bridgehead atoms. The molecule has 0 spiro atoms. The Hall–Kier alpha value is -1.30. The molecule has 1 aromatic heterocycles. The molecule has 0 aromatic carbocycles. The van der Waals surface area contributed by atoms with Crippen LogP contribution in [0.3, 0.4) is 0 Å². The zero-order chi connectivity index (χ0) is 13.8. The van der Waals surface area contributed by atoms with Crippen LogP contribution in [0.2, 0.25) is 0 Å². The van der Waals surface area contributed by atoms with Gasteiger partial charge in [0.05, 0.1) is 7.11 Å². The smallest absolute Gasteiger partial charge is 0.389 e. The van der Waals surface area contributed by atoms with Crippen LogP contribution in [0.15, 0.2) is 18.3 Å². The van der Waals surface area contributed by atoms with Crippen LogP contribution in [-0.2, 0) is 5.60 Å². The van der Waals surface area contributed by atoms with Crippen molar-refractivity contribution >= 4 is 0 Å². The summed E-state index contributed by atoms with van der Waals surface area (Å²) in [5.74, 6) is 0.370. The van der Waals surface area contributed by atoms with E-state index in [1.165, 1.54) is 20.2 Å². The van der Waals surface area contributed by atoms with E-state index in [1.54, 1.807) is 12.1 Å². The lowest BCUT2D eigenvalue weighted by atomic mass is 9.94. The first kappa shape index (κ1) is 14.8. The summed E-state index contributed by atoms with van der Waals surface area (Å²) in [6.45, 7) is 1.44. The Morgan fingerprint density at radius 2 is 2.00 bits per heavy atom. The Kier molecular flexibility index (Phi) is 4.56. The normalized spacial score (nSPS) is 15.2. The van der Waals surface area contributed by atoms with Gasteiger partial charge in [-0.3, -0.25) is 4.98 Å². The number of hydrogen-bond donors (Lipinski definition) is 1. The molecule has 0 radical (unpaired) electrons. The molecule has 1 aromatic rings. The maximum Gasteiger partial charge on any atom is 0.389 e. The van der Waals surface area contributed by atoms with Crippen molar-refractivity contribution in [1.29, 1.82) is 0 Å². The van der Waals surface area contributed by atoms with Crippen LogP contribution in [0.25, 0.3) is 0 Å². The summed E-state index contributed by atoms with van der Waals surface area (Å²) in [4.78, 5) is 3.98. The second-order valence-electron chi connectivity index (χ2n) is 4.30. The number of nitrogens with zero attached hydrogens (tertiary/aromatic N) is 1. The van der Waals surface area contributed by atoms with E-state index in [1.807, 2.05) is 0 Å². The predicted molar refractivity (Wildman–Crippen MR) is 60.3 cm³/mol. The molecule has 1 rings (SSSR count). The van der Waals surface area contributed by atoms with E-state index < -0.39 is 18.2 Å². The SMILES string of the molecule is COc1cccnc1C(C)(O)CCCC(F)(F)F. The summed E-state index contributed by atoms with van der Waals surface area (Å²) in [5.41, 5.74) is -1.17. The van der Waals surface area contributed by atoms with E-state index in [9.17, 15) is 18.3 Å². The van der Waals surface area contributed by atoms with E-state index in [-0.39, 0.29) is 18.5 Å². The van der Waals surface area contributed by atoms with Crippen LogP contribution in [0.4, 0.5) is 13.2 Å². The van der Waals surface area contributed by atoms with Gasteiger partial charge in [-0.05, 0) is 31.9 Å². The summed E-state index contributed by atoms with van der Waals surface area (Å²) >= 11 is 0. The van der Waals surface area contributed by atoms with E-state index in [2.05, 4.69) is 4.98 Å². The standard InChI is InChI=1S/C12H16F3NO2/c1-11(17,6-4-7-12(13,14)15)10-9(18-2)5-3-8-16-10/h3,5,8,17H,4,6-7H2,1-2H3. The summed E-state index contributed by atoms with van der Waals surface area (Å²) in [6.07, 6.45) is -3.84. The number of rotatable bonds is 5. The first-order valence-electron chi connectivity index (χ1n) is 5.55. The van der Waals surface area contributed by atoms with Gasteiger partial charge in [-0.25, -0.2) is 0 Å². The van der Waals surface area contributed by atoms with Gasteiger partial charge in [-0.15, -0.1) is 0 Å². The molecule has 0 aliphatic rings. The third-order valence-electron chi connectivity index (χ3n) is 2.62. The van der Waals surface area contributed by atoms with Crippen LogP contribution in [-0.4, -0.2) is 23.4 Å². The highest BCUT2D eigenvalue weighted by Gasteiger charge is 2.32. The topological polar surface area (TPSA) is 42.4 Å². The average molecular weight is 263 g/mol. The minimum atomic E-state index is -4.20. The zero-order valence-electron chi connectivity index (χ0n) is 10.3. The molecule has 6 heteroatoms. The highest BCUT2D eigenvalue weighted by atomic mass is 19.4. The molecule has 1 N–H and O–H groups in total. The summed E-state index contributed by atoms with van der Waals surface area (Å²) in [7, 11) is 1.42. The number of halogens is 3. The number of ether oxygens (including phenoxy) is 1. The van der Waals surface area contributed by atoms with Crippen LogP contribution >= 0.6 is 0 Å². The number of methoxy groups -OCH3 is 1. The zero-order valence-corrected chi connectivity index (χ0v) is 10.3. The molecule has 0 aliphatic heterocycles. The van der Waals surface area contributed by atoms with E-state index in [0.29, 0.717) is 5.75 Å². The van der Waals surface area contributed by atoms with Gasteiger partial charge in [0.1, 0.15) is 17.0 Å². The highest BCUT2D eigenvalue weighted by molar-refractivity contribution is 5.31. The molecule has 18 heavy (non-hydrogen) atoms. The number of aliphatic hydroxyl groups is 1. The van der Waals surface area contributed by atoms with Crippen molar-refractivity contribution in [2.45, 2.75) is 38.0 Å². The van der Waals surface area contributed by atoms with Gasteiger partial charge in [-0.2, -0.15) is 13.2 Å². The highest BCUT2D eigenvalue weighted by Crippen LogP contribution is 2.33. The molecule has 1 heterocycles. The van der Waals surface area contributed by atoms with Gasteiger partial charge in [-0.1, -0.05) is 0 Å². The fourth-order valence-corrected chi connectivity index (χ4v) is 1.71. The summed E-state index contributed by atoms with van der Waals surface area (Å²) in [6, 6.07) is 3.24. The van der Waals surface area contributed by atoms with Gasteiger partial charge in [0.15, 0.2) is 0 Å². The fourth-order valence-electron chi connectivity index (χ4n) is 1.71. The molecular formula is C12H16F3NO2. The van der Waals surface area contributed by atoms with Gasteiger partial charge in [0.25, 0.3) is 0 Å². The first-order chi connectivity index (χ1) is 8.26. The van der Waals surface area contributed by atoms with Gasteiger partial charge in [0.2, 0.25) is 0 Å². The largest absolute Gasteiger partial charge is 0.495 e. The van der Waals surface area contributed by atoms with E-state index >= 15 is 0 Å². The molecule has 0 saturated heterocycles. The van der Waals surface area contributed by atoms with Crippen LogP contribution in [0.1, 0.15) is 31.9 Å². The lowest BCUT2D eigenvalue weighted by Gasteiger charge is -2.24. The molecule has 0 fully saturated rings.